The van der Waals surface area contributed by atoms with Gasteiger partial charge in [-0.15, -0.1) is 0 Å². The van der Waals surface area contributed by atoms with Gasteiger partial charge in [-0.05, 0) is 47.3 Å². The second kappa shape index (κ2) is 4.94. The van der Waals surface area contributed by atoms with Crippen LogP contribution in [0.1, 0.15) is 12.8 Å². The summed E-state index contributed by atoms with van der Waals surface area (Å²) in [5.74, 6) is 0.710. The average Bonchev–Trinajstić information content (AvgIpc) is 2.30. The van der Waals surface area contributed by atoms with Crippen LogP contribution in [0.4, 0.5) is 5.69 Å². The van der Waals surface area contributed by atoms with Crippen LogP contribution in [-0.4, -0.2) is 24.6 Å². The van der Waals surface area contributed by atoms with Crippen molar-refractivity contribution in [2.24, 2.45) is 11.7 Å². The Morgan fingerprint density at radius 3 is 2.80 bits per heavy atom. The van der Waals surface area contributed by atoms with Crippen molar-refractivity contribution < 1.29 is 0 Å². The van der Waals surface area contributed by atoms with Gasteiger partial charge in [0, 0.05) is 25.5 Å². The third-order valence-corrected chi connectivity index (χ3v) is 3.65. The van der Waals surface area contributed by atoms with E-state index in [2.05, 4.69) is 31.9 Å². The quantitative estimate of drug-likeness (QED) is 0.894. The number of nitrogens with two attached hydrogens (primary N) is 1. The van der Waals surface area contributed by atoms with Gasteiger partial charge in [-0.1, -0.05) is 0 Å². The van der Waals surface area contributed by atoms with Gasteiger partial charge in [0.1, 0.15) is 0 Å². The molecule has 15 heavy (non-hydrogen) atoms. The van der Waals surface area contributed by atoms with E-state index in [0.29, 0.717) is 5.92 Å². The van der Waals surface area contributed by atoms with E-state index < -0.39 is 0 Å². The molecule has 82 valence electrons. The Labute approximate surface area is 98.8 Å². The number of nitrogens with zero attached hydrogens (tertiary/aromatic N) is 2. The van der Waals surface area contributed by atoms with Crippen molar-refractivity contribution in [3.63, 3.8) is 0 Å². The van der Waals surface area contributed by atoms with Crippen LogP contribution in [-0.2, 0) is 0 Å². The van der Waals surface area contributed by atoms with Crippen LogP contribution in [0.25, 0.3) is 0 Å². The first-order chi connectivity index (χ1) is 7.31. The topological polar surface area (TPSA) is 42.1 Å². The Morgan fingerprint density at radius 1 is 1.47 bits per heavy atom. The molecule has 1 aliphatic rings. The lowest BCUT2D eigenvalue weighted by Crippen LogP contribution is -2.36. The molecule has 0 radical (unpaired) electrons. The van der Waals surface area contributed by atoms with Gasteiger partial charge in [-0.3, -0.25) is 4.98 Å². The van der Waals surface area contributed by atoms with Crippen molar-refractivity contribution in [2.75, 3.05) is 24.5 Å². The Bertz CT molecular complexity index is 321. The lowest BCUT2D eigenvalue weighted by molar-refractivity contribution is 0.414. The van der Waals surface area contributed by atoms with Crippen LogP contribution in [0, 0.1) is 5.92 Å². The fourth-order valence-corrected chi connectivity index (χ4v) is 2.54. The third-order valence-electron chi connectivity index (χ3n) is 3.04. The smallest absolute Gasteiger partial charge is 0.0592 e. The molecule has 0 amide bonds. The summed E-state index contributed by atoms with van der Waals surface area (Å²) in [4.78, 5) is 6.48. The molecule has 2 N–H and O–H groups in total. The molecule has 0 aliphatic carbocycles. The maximum atomic E-state index is 5.68. The van der Waals surface area contributed by atoms with Crippen molar-refractivity contribution in [3.05, 3.63) is 22.9 Å². The number of anilines is 1. The molecule has 0 bridgehead atoms. The zero-order valence-electron chi connectivity index (χ0n) is 8.69. The Hall–Kier alpha value is -0.610. The van der Waals surface area contributed by atoms with Crippen molar-refractivity contribution in [1.82, 2.24) is 4.98 Å². The van der Waals surface area contributed by atoms with Gasteiger partial charge < -0.3 is 10.6 Å². The molecule has 2 rings (SSSR count). The normalized spacial score (nSPS) is 18.1. The van der Waals surface area contributed by atoms with Crippen molar-refractivity contribution in [1.29, 1.82) is 0 Å². The second-order valence-electron chi connectivity index (χ2n) is 3.99. The minimum Gasteiger partial charge on any atom is -0.371 e. The Morgan fingerprint density at radius 2 is 2.20 bits per heavy atom. The Balaban J connectivity index is 2.04. The molecule has 1 aromatic heterocycles. The van der Waals surface area contributed by atoms with Crippen LogP contribution in [0.3, 0.4) is 0 Å². The summed E-state index contributed by atoms with van der Waals surface area (Å²) in [6.07, 6.45) is 6.09. The number of hydrogen-bond donors (Lipinski definition) is 1. The van der Waals surface area contributed by atoms with Gasteiger partial charge in [-0.2, -0.15) is 0 Å². The molecule has 2 heterocycles. The summed E-state index contributed by atoms with van der Waals surface area (Å²) >= 11 is 3.54. The molecule has 0 aromatic carbocycles. The highest BCUT2D eigenvalue weighted by molar-refractivity contribution is 9.10. The molecule has 0 atom stereocenters. The van der Waals surface area contributed by atoms with E-state index in [9.17, 15) is 0 Å². The lowest BCUT2D eigenvalue weighted by atomic mass is 9.97. The van der Waals surface area contributed by atoms with Crippen LogP contribution < -0.4 is 10.6 Å². The van der Waals surface area contributed by atoms with Crippen molar-refractivity contribution in [2.45, 2.75) is 12.8 Å². The number of rotatable bonds is 2. The summed E-state index contributed by atoms with van der Waals surface area (Å²) in [7, 11) is 0. The van der Waals surface area contributed by atoms with E-state index in [-0.39, 0.29) is 0 Å². The fourth-order valence-electron chi connectivity index (χ4n) is 2.03. The summed E-state index contributed by atoms with van der Waals surface area (Å²) in [6, 6.07) is 2.06. The van der Waals surface area contributed by atoms with Gasteiger partial charge in [0.25, 0.3) is 0 Å². The predicted molar refractivity (Wildman–Crippen MR) is 65.9 cm³/mol. The Kier molecular flexibility index (Phi) is 3.59. The van der Waals surface area contributed by atoms with Crippen LogP contribution in [0.5, 0.6) is 0 Å². The minimum absolute atomic E-state index is 0.710. The number of piperidine rings is 1. The number of aromatic nitrogens is 1. The number of pyridine rings is 1. The van der Waals surface area contributed by atoms with Gasteiger partial charge in [0.05, 0.1) is 10.2 Å². The highest BCUT2D eigenvalue weighted by Crippen LogP contribution is 2.28. The van der Waals surface area contributed by atoms with E-state index in [1.165, 1.54) is 18.5 Å². The van der Waals surface area contributed by atoms with Crippen LogP contribution in [0.2, 0.25) is 0 Å². The molecule has 0 spiro atoms. The zero-order valence-corrected chi connectivity index (χ0v) is 10.3. The van der Waals surface area contributed by atoms with Gasteiger partial charge in [-0.25, -0.2) is 0 Å². The molecule has 0 unspecified atom stereocenters. The maximum absolute atomic E-state index is 5.68. The first kappa shape index (κ1) is 10.9. The third kappa shape index (κ3) is 2.49. The monoisotopic (exact) mass is 269 g/mol. The van der Waals surface area contributed by atoms with E-state index >= 15 is 0 Å². The fraction of sp³-hybridized carbons (Fsp3) is 0.545. The number of hydrogen-bond acceptors (Lipinski definition) is 3. The van der Waals surface area contributed by atoms with Gasteiger partial charge >= 0.3 is 0 Å². The highest BCUT2D eigenvalue weighted by atomic mass is 79.9. The van der Waals surface area contributed by atoms with E-state index in [4.69, 9.17) is 5.73 Å². The molecule has 3 nitrogen and oxygen atoms in total. The molecule has 1 aromatic rings. The SMILES string of the molecule is NCC1CCN(c2ccncc2Br)CC1. The van der Waals surface area contributed by atoms with Gasteiger partial charge in [0.2, 0.25) is 0 Å². The first-order valence-electron chi connectivity index (χ1n) is 5.36. The van der Waals surface area contributed by atoms with Crippen molar-refractivity contribution >= 4 is 21.6 Å². The zero-order chi connectivity index (χ0) is 10.7. The van der Waals surface area contributed by atoms with E-state index in [1.807, 2.05) is 12.4 Å². The van der Waals surface area contributed by atoms with Gasteiger partial charge in [0.15, 0.2) is 0 Å². The van der Waals surface area contributed by atoms with Crippen LogP contribution in [0.15, 0.2) is 22.9 Å². The summed E-state index contributed by atoms with van der Waals surface area (Å²) in [6.45, 7) is 3.03. The predicted octanol–water partition coefficient (Wildman–Crippen LogP) is 2.02. The largest absolute Gasteiger partial charge is 0.371 e. The average molecular weight is 270 g/mol. The first-order valence-corrected chi connectivity index (χ1v) is 6.15. The maximum Gasteiger partial charge on any atom is 0.0592 e. The lowest BCUT2D eigenvalue weighted by Gasteiger charge is -2.33. The second-order valence-corrected chi connectivity index (χ2v) is 4.85. The standard InChI is InChI=1S/C11H16BrN3/c12-10-8-14-4-1-11(10)15-5-2-9(7-13)3-6-15/h1,4,8-9H,2-3,5-7,13H2. The molecule has 0 saturated carbocycles. The molecular weight excluding hydrogens is 254 g/mol. The summed E-state index contributed by atoms with van der Waals surface area (Å²) in [5.41, 5.74) is 6.93. The van der Waals surface area contributed by atoms with E-state index in [0.717, 1.165) is 24.1 Å². The molecule has 1 saturated heterocycles. The minimum atomic E-state index is 0.710. The molecule has 4 heteroatoms. The van der Waals surface area contributed by atoms with Crippen molar-refractivity contribution in [3.8, 4) is 0 Å². The summed E-state index contributed by atoms with van der Waals surface area (Å²) < 4.78 is 1.08. The van der Waals surface area contributed by atoms with E-state index in [1.54, 1.807) is 0 Å². The summed E-state index contributed by atoms with van der Waals surface area (Å²) in [5, 5.41) is 0. The van der Waals surface area contributed by atoms with Crippen LogP contribution >= 0.6 is 15.9 Å². The number of halogens is 1. The highest BCUT2D eigenvalue weighted by Gasteiger charge is 2.19. The molecule has 1 aliphatic heterocycles. The molecule has 1 fully saturated rings. The molecular formula is C11H16BrN3.